The van der Waals surface area contributed by atoms with E-state index in [-0.39, 0.29) is 11.9 Å². The Kier molecular flexibility index (Phi) is 4.79. The maximum atomic E-state index is 12.0. The average molecular weight is 274 g/mol. The minimum Gasteiger partial charge on any atom is -0.459 e. The van der Waals surface area contributed by atoms with Gasteiger partial charge in [-0.3, -0.25) is 9.69 Å². The molecule has 0 aliphatic heterocycles. The second-order valence-corrected chi connectivity index (χ2v) is 4.94. The summed E-state index contributed by atoms with van der Waals surface area (Å²) >= 11 is 0. The van der Waals surface area contributed by atoms with Gasteiger partial charge in [0.1, 0.15) is 11.3 Å². The van der Waals surface area contributed by atoms with E-state index in [0.717, 1.165) is 29.8 Å². The Hall–Kier alpha value is -1.81. The van der Waals surface area contributed by atoms with E-state index in [1.807, 2.05) is 37.3 Å². The quantitative estimate of drug-likeness (QED) is 0.881. The summed E-state index contributed by atoms with van der Waals surface area (Å²) in [4.78, 5) is 14.1. The number of amides is 1. The van der Waals surface area contributed by atoms with Crippen LogP contribution in [0.15, 0.2) is 34.7 Å². The van der Waals surface area contributed by atoms with Crippen LogP contribution in [0.25, 0.3) is 11.0 Å². The molecule has 4 nitrogen and oxygen atoms in total. The largest absolute Gasteiger partial charge is 0.459 e. The molecule has 4 heteroatoms. The summed E-state index contributed by atoms with van der Waals surface area (Å²) in [5, 5.41) is 4.04. The Morgan fingerprint density at radius 3 is 2.65 bits per heavy atom. The third-order valence-corrected chi connectivity index (χ3v) is 3.51. The van der Waals surface area contributed by atoms with E-state index >= 15 is 0 Å². The van der Waals surface area contributed by atoms with E-state index in [4.69, 9.17) is 4.42 Å². The fourth-order valence-electron chi connectivity index (χ4n) is 2.22. The second kappa shape index (κ2) is 6.57. The Bertz CT molecular complexity index is 540. The lowest BCUT2D eigenvalue weighted by Gasteiger charge is -2.19. The number of rotatable bonds is 6. The highest BCUT2D eigenvalue weighted by atomic mass is 16.3. The van der Waals surface area contributed by atoms with Crippen molar-refractivity contribution in [2.24, 2.45) is 0 Å². The van der Waals surface area contributed by atoms with E-state index in [1.54, 1.807) is 0 Å². The fourth-order valence-corrected chi connectivity index (χ4v) is 2.22. The Morgan fingerprint density at radius 2 is 2.00 bits per heavy atom. The van der Waals surface area contributed by atoms with E-state index in [2.05, 4.69) is 24.1 Å². The van der Waals surface area contributed by atoms with Gasteiger partial charge in [0.15, 0.2) is 0 Å². The molecule has 0 spiro atoms. The van der Waals surface area contributed by atoms with Crippen LogP contribution in [0.3, 0.4) is 0 Å². The number of likely N-dealkylation sites (N-methyl/N-ethyl adjacent to an activating group) is 1. The molecular weight excluding hydrogens is 252 g/mol. The molecule has 0 aliphatic rings. The number of furan rings is 1. The molecule has 1 N–H and O–H groups in total. The maximum Gasteiger partial charge on any atom is 0.234 e. The Balaban J connectivity index is 2.00. The summed E-state index contributed by atoms with van der Waals surface area (Å²) < 4.78 is 5.76. The molecule has 108 valence electrons. The number of hydrogen-bond acceptors (Lipinski definition) is 3. The third kappa shape index (κ3) is 3.39. The van der Waals surface area contributed by atoms with Crippen LogP contribution in [0.4, 0.5) is 0 Å². The van der Waals surface area contributed by atoms with Gasteiger partial charge >= 0.3 is 0 Å². The Labute approximate surface area is 119 Å². The number of carbonyl (C=O) groups excluding carboxylic acids is 1. The first kappa shape index (κ1) is 14.6. The molecule has 0 bridgehead atoms. The molecule has 20 heavy (non-hydrogen) atoms. The molecule has 0 saturated heterocycles. The molecule has 2 rings (SSSR count). The maximum absolute atomic E-state index is 12.0. The molecule has 1 heterocycles. The molecule has 1 aromatic carbocycles. The van der Waals surface area contributed by atoms with Gasteiger partial charge in [0, 0.05) is 5.39 Å². The van der Waals surface area contributed by atoms with Gasteiger partial charge in [-0.1, -0.05) is 32.0 Å². The van der Waals surface area contributed by atoms with Crippen molar-refractivity contribution in [1.82, 2.24) is 10.2 Å². The summed E-state index contributed by atoms with van der Waals surface area (Å²) in [5.74, 6) is 0.820. The van der Waals surface area contributed by atoms with Crippen molar-refractivity contribution in [3.63, 3.8) is 0 Å². The van der Waals surface area contributed by atoms with Gasteiger partial charge < -0.3 is 9.73 Å². The van der Waals surface area contributed by atoms with Crippen LogP contribution >= 0.6 is 0 Å². The van der Waals surface area contributed by atoms with Crippen LogP contribution < -0.4 is 5.32 Å². The average Bonchev–Trinajstić information content (AvgIpc) is 2.88. The fraction of sp³-hybridized carbons (Fsp3) is 0.438. The topological polar surface area (TPSA) is 45.5 Å². The first-order valence-electron chi connectivity index (χ1n) is 7.14. The highest BCUT2D eigenvalue weighted by molar-refractivity contribution is 5.80. The number of fused-ring (bicyclic) bond motifs is 1. The lowest BCUT2D eigenvalue weighted by Crippen LogP contribution is -2.38. The first-order valence-corrected chi connectivity index (χ1v) is 7.14. The molecule has 2 aromatic rings. The minimum absolute atomic E-state index is 0.0293. The number of hydrogen-bond donors (Lipinski definition) is 1. The zero-order valence-electron chi connectivity index (χ0n) is 12.3. The van der Waals surface area contributed by atoms with Gasteiger partial charge in [-0.05, 0) is 32.1 Å². The van der Waals surface area contributed by atoms with E-state index in [9.17, 15) is 4.79 Å². The summed E-state index contributed by atoms with van der Waals surface area (Å²) in [6.07, 6.45) is 0. The van der Waals surface area contributed by atoms with Gasteiger partial charge in [-0.15, -0.1) is 0 Å². The molecule has 0 saturated carbocycles. The third-order valence-electron chi connectivity index (χ3n) is 3.51. The molecule has 0 fully saturated rings. The minimum atomic E-state index is -0.120. The standard InChI is InChI=1S/C16H22N2O2/c1-4-18(5-2)11-16(19)17-12(3)15-10-13-8-6-7-9-14(13)20-15/h6-10,12H,4-5,11H2,1-3H3,(H,17,19). The molecule has 1 unspecified atom stereocenters. The van der Waals surface area contributed by atoms with Gasteiger partial charge in [-0.2, -0.15) is 0 Å². The summed E-state index contributed by atoms with van der Waals surface area (Å²) in [7, 11) is 0. The highest BCUT2D eigenvalue weighted by Crippen LogP contribution is 2.23. The molecule has 0 radical (unpaired) electrons. The van der Waals surface area contributed by atoms with Crippen LogP contribution in [0.5, 0.6) is 0 Å². The van der Waals surface area contributed by atoms with Crippen molar-refractivity contribution in [2.45, 2.75) is 26.8 Å². The summed E-state index contributed by atoms with van der Waals surface area (Å²) in [6, 6.07) is 9.73. The summed E-state index contributed by atoms with van der Waals surface area (Å²) in [6.45, 7) is 8.24. The van der Waals surface area contributed by atoms with Crippen molar-refractivity contribution in [3.8, 4) is 0 Å². The van der Waals surface area contributed by atoms with Gasteiger partial charge in [0.05, 0.1) is 12.6 Å². The highest BCUT2D eigenvalue weighted by Gasteiger charge is 2.15. The predicted molar refractivity (Wildman–Crippen MR) is 80.6 cm³/mol. The van der Waals surface area contributed by atoms with Crippen LogP contribution in [0.2, 0.25) is 0 Å². The van der Waals surface area contributed by atoms with Crippen molar-refractivity contribution < 1.29 is 9.21 Å². The van der Waals surface area contributed by atoms with Crippen molar-refractivity contribution in [1.29, 1.82) is 0 Å². The molecule has 1 aromatic heterocycles. The molecule has 1 atom stereocenters. The SMILES string of the molecule is CCN(CC)CC(=O)NC(C)c1cc2ccccc2o1. The first-order chi connectivity index (χ1) is 9.63. The van der Waals surface area contributed by atoms with E-state index in [1.165, 1.54) is 0 Å². The van der Waals surface area contributed by atoms with Crippen molar-refractivity contribution >= 4 is 16.9 Å². The molecule has 0 aliphatic carbocycles. The molecule has 1 amide bonds. The van der Waals surface area contributed by atoms with Crippen LogP contribution in [-0.4, -0.2) is 30.4 Å². The predicted octanol–water partition coefficient (Wildman–Crippen LogP) is 2.95. The smallest absolute Gasteiger partial charge is 0.234 e. The van der Waals surface area contributed by atoms with E-state index in [0.29, 0.717) is 6.54 Å². The number of para-hydroxylation sites is 1. The van der Waals surface area contributed by atoms with Gasteiger partial charge in [0.25, 0.3) is 0 Å². The van der Waals surface area contributed by atoms with Crippen molar-refractivity contribution in [3.05, 3.63) is 36.1 Å². The Morgan fingerprint density at radius 1 is 1.30 bits per heavy atom. The van der Waals surface area contributed by atoms with E-state index < -0.39 is 0 Å². The zero-order valence-corrected chi connectivity index (χ0v) is 12.3. The summed E-state index contributed by atoms with van der Waals surface area (Å²) in [5.41, 5.74) is 0.854. The molecular formula is C16H22N2O2. The zero-order chi connectivity index (χ0) is 14.5. The normalized spacial score (nSPS) is 12.8. The second-order valence-electron chi connectivity index (χ2n) is 4.94. The van der Waals surface area contributed by atoms with Gasteiger partial charge in [-0.25, -0.2) is 0 Å². The van der Waals surface area contributed by atoms with Gasteiger partial charge in [0.2, 0.25) is 5.91 Å². The lowest BCUT2D eigenvalue weighted by molar-refractivity contribution is -0.122. The van der Waals surface area contributed by atoms with Crippen molar-refractivity contribution in [2.75, 3.05) is 19.6 Å². The number of nitrogens with one attached hydrogen (secondary N) is 1. The van der Waals surface area contributed by atoms with Crippen LogP contribution in [0, 0.1) is 0 Å². The number of carbonyl (C=O) groups is 1. The monoisotopic (exact) mass is 274 g/mol. The number of nitrogens with zero attached hydrogens (tertiary/aromatic N) is 1. The van der Waals surface area contributed by atoms with Crippen LogP contribution in [-0.2, 0) is 4.79 Å². The van der Waals surface area contributed by atoms with Crippen LogP contribution in [0.1, 0.15) is 32.6 Å². The lowest BCUT2D eigenvalue weighted by atomic mass is 10.2. The number of benzene rings is 1.